The second kappa shape index (κ2) is 7.72. The Balaban J connectivity index is 2.91. The van der Waals surface area contributed by atoms with Gasteiger partial charge in [0.05, 0.1) is 30.9 Å². The molecule has 0 radical (unpaired) electrons. The maximum atomic E-state index is 14.0. The van der Waals surface area contributed by atoms with Crippen LogP contribution < -0.4 is 4.90 Å². The van der Waals surface area contributed by atoms with E-state index < -0.39 is 11.9 Å². The van der Waals surface area contributed by atoms with Crippen molar-refractivity contribution >= 4 is 5.69 Å². The van der Waals surface area contributed by atoms with Crippen molar-refractivity contribution in [2.45, 2.75) is 19.4 Å². The van der Waals surface area contributed by atoms with E-state index in [1.807, 2.05) is 6.07 Å². The van der Waals surface area contributed by atoms with Gasteiger partial charge in [-0.2, -0.15) is 5.26 Å². The Hall–Kier alpha value is -1.64. The number of halogens is 1. The maximum absolute atomic E-state index is 14.0. The molecule has 0 fully saturated rings. The van der Waals surface area contributed by atoms with Crippen LogP contribution in [-0.2, 0) is 4.74 Å². The van der Waals surface area contributed by atoms with Crippen molar-refractivity contribution in [3.05, 3.63) is 29.6 Å². The molecule has 0 aliphatic rings. The lowest BCUT2D eigenvalue weighted by atomic mass is 10.1. The van der Waals surface area contributed by atoms with E-state index in [0.717, 1.165) is 0 Å². The highest BCUT2D eigenvalue weighted by Crippen LogP contribution is 2.23. The van der Waals surface area contributed by atoms with Crippen molar-refractivity contribution in [3.63, 3.8) is 0 Å². The summed E-state index contributed by atoms with van der Waals surface area (Å²) in [7, 11) is 1.58. The van der Waals surface area contributed by atoms with E-state index in [1.165, 1.54) is 6.07 Å². The molecule has 0 bridgehead atoms. The van der Waals surface area contributed by atoms with Gasteiger partial charge in [0, 0.05) is 20.2 Å². The van der Waals surface area contributed by atoms with Gasteiger partial charge in [-0.25, -0.2) is 4.39 Å². The van der Waals surface area contributed by atoms with Gasteiger partial charge in [-0.15, -0.1) is 0 Å². The van der Waals surface area contributed by atoms with E-state index in [0.29, 0.717) is 37.4 Å². The standard InChI is InChI=1S/C14H19FN2O2/c1-11(18)12-4-5-14(13(15)10-12)17(7-3-6-16)8-9-19-2/h4-5,10-11,18H,3,7-9H2,1-2H3. The first kappa shape index (κ1) is 15.4. The summed E-state index contributed by atoms with van der Waals surface area (Å²) < 4.78 is 19.0. The van der Waals surface area contributed by atoms with Crippen LogP contribution in [0.1, 0.15) is 25.0 Å². The fraction of sp³-hybridized carbons (Fsp3) is 0.500. The second-order valence-electron chi connectivity index (χ2n) is 4.27. The van der Waals surface area contributed by atoms with E-state index in [4.69, 9.17) is 10.00 Å². The summed E-state index contributed by atoms with van der Waals surface area (Å²) in [5.74, 6) is -0.396. The highest BCUT2D eigenvalue weighted by atomic mass is 19.1. The molecule has 0 heterocycles. The Morgan fingerprint density at radius 1 is 1.47 bits per heavy atom. The number of aliphatic hydroxyl groups excluding tert-OH is 1. The molecule has 1 N–H and O–H groups in total. The first-order valence-corrected chi connectivity index (χ1v) is 6.18. The minimum atomic E-state index is -0.699. The Kier molecular flexibility index (Phi) is 6.26. The summed E-state index contributed by atoms with van der Waals surface area (Å²) in [5.41, 5.74) is 0.963. The Bertz CT molecular complexity index is 444. The minimum absolute atomic E-state index is 0.321. The van der Waals surface area contributed by atoms with Gasteiger partial charge in [-0.1, -0.05) is 6.07 Å². The highest BCUT2D eigenvalue weighted by molar-refractivity contribution is 5.49. The normalized spacial score (nSPS) is 11.9. The molecule has 1 aromatic rings. The van der Waals surface area contributed by atoms with Crippen molar-refractivity contribution in [3.8, 4) is 6.07 Å². The van der Waals surface area contributed by atoms with Crippen molar-refractivity contribution < 1.29 is 14.2 Å². The molecule has 4 nitrogen and oxygen atoms in total. The number of nitriles is 1. The summed E-state index contributed by atoms with van der Waals surface area (Å²) >= 11 is 0. The molecule has 0 amide bonds. The molecule has 1 atom stereocenters. The number of rotatable bonds is 7. The molecule has 104 valence electrons. The molecule has 0 saturated heterocycles. The fourth-order valence-corrected chi connectivity index (χ4v) is 1.78. The molecule has 0 aliphatic heterocycles. The van der Waals surface area contributed by atoms with Gasteiger partial charge in [-0.3, -0.25) is 0 Å². The summed E-state index contributed by atoms with van der Waals surface area (Å²) in [6.07, 6.45) is -0.378. The molecule has 19 heavy (non-hydrogen) atoms. The number of benzene rings is 1. The second-order valence-corrected chi connectivity index (χ2v) is 4.27. The van der Waals surface area contributed by atoms with Crippen LogP contribution in [-0.4, -0.2) is 31.9 Å². The summed E-state index contributed by atoms with van der Waals surface area (Å²) in [5, 5.41) is 18.1. The summed E-state index contributed by atoms with van der Waals surface area (Å²) in [6.45, 7) is 3.02. The van der Waals surface area contributed by atoms with Crippen LogP contribution in [0.4, 0.5) is 10.1 Å². The molecular weight excluding hydrogens is 247 g/mol. The van der Waals surface area contributed by atoms with Crippen LogP contribution in [0.2, 0.25) is 0 Å². The first-order chi connectivity index (χ1) is 9.10. The number of anilines is 1. The van der Waals surface area contributed by atoms with Crippen LogP contribution in [0.25, 0.3) is 0 Å². The zero-order chi connectivity index (χ0) is 14.3. The lowest BCUT2D eigenvalue weighted by molar-refractivity contribution is 0.198. The number of ether oxygens (including phenoxy) is 1. The fourth-order valence-electron chi connectivity index (χ4n) is 1.78. The number of hydrogen-bond acceptors (Lipinski definition) is 4. The van der Waals surface area contributed by atoms with Gasteiger partial charge in [0.1, 0.15) is 5.82 Å². The van der Waals surface area contributed by atoms with Gasteiger partial charge in [0.25, 0.3) is 0 Å². The largest absolute Gasteiger partial charge is 0.389 e. The third-order valence-electron chi connectivity index (χ3n) is 2.85. The van der Waals surface area contributed by atoms with Crippen LogP contribution in [0.15, 0.2) is 18.2 Å². The van der Waals surface area contributed by atoms with Gasteiger partial charge < -0.3 is 14.7 Å². The smallest absolute Gasteiger partial charge is 0.146 e. The van der Waals surface area contributed by atoms with E-state index in [-0.39, 0.29) is 0 Å². The zero-order valence-electron chi connectivity index (χ0n) is 11.3. The average Bonchev–Trinajstić information content (AvgIpc) is 2.39. The van der Waals surface area contributed by atoms with Crippen LogP contribution >= 0.6 is 0 Å². The average molecular weight is 266 g/mol. The quantitative estimate of drug-likeness (QED) is 0.822. The molecule has 1 unspecified atom stereocenters. The van der Waals surface area contributed by atoms with Crippen LogP contribution in [0.3, 0.4) is 0 Å². The number of aliphatic hydroxyl groups is 1. The monoisotopic (exact) mass is 266 g/mol. The number of hydrogen-bond donors (Lipinski definition) is 1. The molecule has 1 aromatic carbocycles. The number of nitrogens with zero attached hydrogens (tertiary/aromatic N) is 2. The van der Waals surface area contributed by atoms with E-state index >= 15 is 0 Å². The molecular formula is C14H19FN2O2. The molecule has 0 spiro atoms. The predicted octanol–water partition coefficient (Wildman–Crippen LogP) is 2.25. The van der Waals surface area contributed by atoms with Crippen molar-refractivity contribution in [2.24, 2.45) is 0 Å². The minimum Gasteiger partial charge on any atom is -0.389 e. The Labute approximate surface area is 113 Å². The molecule has 0 aliphatic carbocycles. The third-order valence-corrected chi connectivity index (χ3v) is 2.85. The lowest BCUT2D eigenvalue weighted by Crippen LogP contribution is -2.29. The zero-order valence-corrected chi connectivity index (χ0v) is 11.3. The van der Waals surface area contributed by atoms with Crippen LogP contribution in [0.5, 0.6) is 0 Å². The van der Waals surface area contributed by atoms with Crippen molar-refractivity contribution in [2.75, 3.05) is 31.7 Å². The first-order valence-electron chi connectivity index (χ1n) is 6.18. The Morgan fingerprint density at radius 3 is 2.74 bits per heavy atom. The SMILES string of the molecule is COCCN(CCC#N)c1ccc(C(C)O)cc1F. The van der Waals surface area contributed by atoms with E-state index in [1.54, 1.807) is 31.1 Å². The lowest BCUT2D eigenvalue weighted by Gasteiger charge is -2.24. The maximum Gasteiger partial charge on any atom is 0.146 e. The highest BCUT2D eigenvalue weighted by Gasteiger charge is 2.13. The topological polar surface area (TPSA) is 56.5 Å². The van der Waals surface area contributed by atoms with Gasteiger partial charge >= 0.3 is 0 Å². The Morgan fingerprint density at radius 2 is 2.21 bits per heavy atom. The van der Waals surface area contributed by atoms with E-state index in [2.05, 4.69) is 0 Å². The number of methoxy groups -OCH3 is 1. The van der Waals surface area contributed by atoms with Gasteiger partial charge in [0.2, 0.25) is 0 Å². The summed E-state index contributed by atoms with van der Waals surface area (Å²) in [6, 6.07) is 6.69. The van der Waals surface area contributed by atoms with E-state index in [9.17, 15) is 9.50 Å². The molecule has 0 aromatic heterocycles. The van der Waals surface area contributed by atoms with Gasteiger partial charge in [-0.05, 0) is 24.6 Å². The summed E-state index contributed by atoms with van der Waals surface area (Å²) in [4.78, 5) is 1.77. The molecule has 1 rings (SSSR count). The third kappa shape index (κ3) is 4.51. The van der Waals surface area contributed by atoms with Crippen molar-refractivity contribution in [1.82, 2.24) is 0 Å². The predicted molar refractivity (Wildman–Crippen MR) is 71.4 cm³/mol. The molecule has 5 heteroatoms. The molecule has 0 saturated carbocycles. The van der Waals surface area contributed by atoms with Crippen molar-refractivity contribution in [1.29, 1.82) is 5.26 Å². The van der Waals surface area contributed by atoms with Crippen LogP contribution in [0, 0.1) is 17.1 Å². The van der Waals surface area contributed by atoms with Gasteiger partial charge in [0.15, 0.2) is 0 Å².